The summed E-state index contributed by atoms with van der Waals surface area (Å²) in [6.07, 6.45) is 8.32. The van der Waals surface area contributed by atoms with Crippen LogP contribution in [0.15, 0.2) is 0 Å². The molecule has 3 atom stereocenters. The number of ether oxygens (including phenoxy) is 1. The van der Waals surface area contributed by atoms with Gasteiger partial charge in [-0.3, -0.25) is 0 Å². The minimum absolute atomic E-state index is 0.788. The standard InChI is InChI=1S/C13H25NO/c1-2-14-13-7-3-5-11(9-13)12-6-4-8-15-10-12/h11-14H,2-10H2,1H3. The van der Waals surface area contributed by atoms with Crippen molar-refractivity contribution in [2.75, 3.05) is 19.8 Å². The zero-order chi connectivity index (χ0) is 10.5. The lowest BCUT2D eigenvalue weighted by Crippen LogP contribution is -2.37. The van der Waals surface area contributed by atoms with E-state index in [2.05, 4.69) is 12.2 Å². The number of hydrogen-bond acceptors (Lipinski definition) is 2. The normalized spacial score (nSPS) is 37.8. The predicted octanol–water partition coefficient (Wildman–Crippen LogP) is 2.58. The monoisotopic (exact) mass is 211 g/mol. The van der Waals surface area contributed by atoms with E-state index >= 15 is 0 Å². The number of rotatable bonds is 3. The molecule has 0 aromatic rings. The lowest BCUT2D eigenvalue weighted by Gasteiger charge is -2.36. The molecule has 1 saturated carbocycles. The molecule has 0 bridgehead atoms. The van der Waals surface area contributed by atoms with Gasteiger partial charge in [-0.2, -0.15) is 0 Å². The molecule has 1 N–H and O–H groups in total. The van der Waals surface area contributed by atoms with E-state index in [4.69, 9.17) is 4.74 Å². The van der Waals surface area contributed by atoms with E-state index < -0.39 is 0 Å². The topological polar surface area (TPSA) is 21.3 Å². The van der Waals surface area contributed by atoms with E-state index in [9.17, 15) is 0 Å². The van der Waals surface area contributed by atoms with E-state index in [1.807, 2.05) is 0 Å². The second-order valence-electron chi connectivity index (χ2n) is 5.16. The van der Waals surface area contributed by atoms with Gasteiger partial charge in [-0.25, -0.2) is 0 Å². The highest BCUT2D eigenvalue weighted by atomic mass is 16.5. The average molecular weight is 211 g/mol. The summed E-state index contributed by atoms with van der Waals surface area (Å²) in [5, 5.41) is 3.61. The van der Waals surface area contributed by atoms with Crippen molar-refractivity contribution in [2.45, 2.75) is 51.5 Å². The van der Waals surface area contributed by atoms with Crippen molar-refractivity contribution < 1.29 is 4.74 Å². The van der Waals surface area contributed by atoms with E-state index in [0.717, 1.165) is 37.6 Å². The van der Waals surface area contributed by atoms with Crippen LogP contribution in [0, 0.1) is 11.8 Å². The van der Waals surface area contributed by atoms with E-state index in [1.54, 1.807) is 0 Å². The molecule has 2 aliphatic rings. The Morgan fingerprint density at radius 1 is 1.13 bits per heavy atom. The van der Waals surface area contributed by atoms with Crippen molar-refractivity contribution >= 4 is 0 Å². The van der Waals surface area contributed by atoms with Crippen molar-refractivity contribution in [3.05, 3.63) is 0 Å². The first-order valence-corrected chi connectivity index (χ1v) is 6.71. The Morgan fingerprint density at radius 2 is 2.00 bits per heavy atom. The molecule has 2 fully saturated rings. The summed E-state index contributed by atoms with van der Waals surface area (Å²) in [6.45, 7) is 5.37. The minimum atomic E-state index is 0.788. The highest BCUT2D eigenvalue weighted by molar-refractivity contribution is 4.82. The molecule has 15 heavy (non-hydrogen) atoms. The van der Waals surface area contributed by atoms with Crippen LogP contribution in [0.4, 0.5) is 0 Å². The Bertz CT molecular complexity index is 175. The van der Waals surface area contributed by atoms with Crippen LogP contribution >= 0.6 is 0 Å². The summed E-state index contributed by atoms with van der Waals surface area (Å²) in [7, 11) is 0. The molecule has 1 saturated heterocycles. The van der Waals surface area contributed by atoms with Gasteiger partial charge in [0.25, 0.3) is 0 Å². The van der Waals surface area contributed by atoms with E-state index in [1.165, 1.54) is 38.5 Å². The molecule has 2 heteroatoms. The maximum absolute atomic E-state index is 5.61. The second kappa shape index (κ2) is 5.86. The molecule has 0 aromatic carbocycles. The quantitative estimate of drug-likeness (QED) is 0.774. The summed E-state index contributed by atoms with van der Waals surface area (Å²) >= 11 is 0. The van der Waals surface area contributed by atoms with Gasteiger partial charge in [0.15, 0.2) is 0 Å². The van der Waals surface area contributed by atoms with Crippen LogP contribution in [-0.2, 0) is 4.74 Å². The molecule has 1 heterocycles. The van der Waals surface area contributed by atoms with Gasteiger partial charge in [0, 0.05) is 19.3 Å². The van der Waals surface area contributed by atoms with Gasteiger partial charge in [-0.1, -0.05) is 13.3 Å². The second-order valence-corrected chi connectivity index (χ2v) is 5.16. The lowest BCUT2D eigenvalue weighted by molar-refractivity contribution is 0.0191. The van der Waals surface area contributed by atoms with Crippen LogP contribution in [0.1, 0.15) is 45.4 Å². The molecule has 3 unspecified atom stereocenters. The third-order valence-corrected chi connectivity index (χ3v) is 4.07. The largest absolute Gasteiger partial charge is 0.381 e. The maximum Gasteiger partial charge on any atom is 0.0496 e. The SMILES string of the molecule is CCNC1CCCC(C2CCCOC2)C1. The van der Waals surface area contributed by atoms with E-state index in [-0.39, 0.29) is 0 Å². The molecule has 0 amide bonds. The van der Waals surface area contributed by atoms with Crippen LogP contribution in [0.5, 0.6) is 0 Å². The molecular formula is C13H25NO. The molecule has 2 rings (SSSR count). The van der Waals surface area contributed by atoms with Gasteiger partial charge in [-0.15, -0.1) is 0 Å². The van der Waals surface area contributed by atoms with Crippen molar-refractivity contribution in [2.24, 2.45) is 11.8 Å². The minimum Gasteiger partial charge on any atom is -0.381 e. The third-order valence-electron chi connectivity index (χ3n) is 4.07. The first-order chi connectivity index (χ1) is 7.40. The first kappa shape index (κ1) is 11.4. The smallest absolute Gasteiger partial charge is 0.0496 e. The lowest BCUT2D eigenvalue weighted by atomic mass is 9.76. The Hall–Kier alpha value is -0.0800. The van der Waals surface area contributed by atoms with E-state index in [0.29, 0.717) is 0 Å². The highest BCUT2D eigenvalue weighted by Gasteiger charge is 2.29. The van der Waals surface area contributed by atoms with Crippen LogP contribution in [0.3, 0.4) is 0 Å². The Labute approximate surface area is 93.8 Å². The number of nitrogens with one attached hydrogen (secondary N) is 1. The molecule has 2 nitrogen and oxygen atoms in total. The summed E-state index contributed by atoms with van der Waals surface area (Å²) in [5.74, 6) is 1.79. The Morgan fingerprint density at radius 3 is 2.73 bits per heavy atom. The van der Waals surface area contributed by atoms with Crippen molar-refractivity contribution in [3.63, 3.8) is 0 Å². The van der Waals surface area contributed by atoms with Crippen LogP contribution in [0.2, 0.25) is 0 Å². The predicted molar refractivity (Wildman–Crippen MR) is 63.0 cm³/mol. The van der Waals surface area contributed by atoms with Gasteiger partial charge in [0.1, 0.15) is 0 Å². The van der Waals surface area contributed by atoms with Gasteiger partial charge < -0.3 is 10.1 Å². The van der Waals surface area contributed by atoms with Crippen LogP contribution in [-0.4, -0.2) is 25.8 Å². The zero-order valence-electron chi connectivity index (χ0n) is 10.0. The zero-order valence-corrected chi connectivity index (χ0v) is 10.0. The molecular weight excluding hydrogens is 186 g/mol. The summed E-state index contributed by atoms with van der Waals surface area (Å²) in [4.78, 5) is 0. The van der Waals surface area contributed by atoms with Gasteiger partial charge in [-0.05, 0) is 50.5 Å². The van der Waals surface area contributed by atoms with Crippen molar-refractivity contribution in [1.82, 2.24) is 5.32 Å². The fraction of sp³-hybridized carbons (Fsp3) is 1.00. The summed E-state index contributed by atoms with van der Waals surface area (Å²) < 4.78 is 5.61. The Kier molecular flexibility index (Phi) is 4.45. The fourth-order valence-corrected chi connectivity index (χ4v) is 3.27. The van der Waals surface area contributed by atoms with Gasteiger partial charge in [0.2, 0.25) is 0 Å². The number of hydrogen-bond donors (Lipinski definition) is 1. The van der Waals surface area contributed by atoms with Crippen molar-refractivity contribution in [1.29, 1.82) is 0 Å². The molecule has 0 spiro atoms. The van der Waals surface area contributed by atoms with Gasteiger partial charge in [0.05, 0.1) is 0 Å². The van der Waals surface area contributed by atoms with Crippen LogP contribution < -0.4 is 5.32 Å². The molecule has 1 aliphatic carbocycles. The average Bonchev–Trinajstić information content (AvgIpc) is 2.31. The van der Waals surface area contributed by atoms with Crippen LogP contribution in [0.25, 0.3) is 0 Å². The summed E-state index contributed by atoms with van der Waals surface area (Å²) in [6, 6.07) is 0.788. The fourth-order valence-electron chi connectivity index (χ4n) is 3.27. The van der Waals surface area contributed by atoms with Gasteiger partial charge >= 0.3 is 0 Å². The summed E-state index contributed by atoms with van der Waals surface area (Å²) in [5.41, 5.74) is 0. The third kappa shape index (κ3) is 3.18. The van der Waals surface area contributed by atoms with Crippen molar-refractivity contribution in [3.8, 4) is 0 Å². The maximum atomic E-state index is 5.61. The molecule has 88 valence electrons. The first-order valence-electron chi connectivity index (χ1n) is 6.71. The molecule has 0 radical (unpaired) electrons. The molecule has 1 aliphatic heterocycles. The Balaban J connectivity index is 1.80. The molecule has 0 aromatic heterocycles. The highest BCUT2D eigenvalue weighted by Crippen LogP contribution is 2.34.